The Balaban J connectivity index is 2.14. The second-order valence-electron chi connectivity index (χ2n) is 6.12. The van der Waals surface area contributed by atoms with Gasteiger partial charge in [0.05, 0.1) is 16.9 Å². The van der Waals surface area contributed by atoms with Gasteiger partial charge in [-0.15, -0.1) is 0 Å². The van der Waals surface area contributed by atoms with E-state index in [0.717, 1.165) is 11.3 Å². The van der Waals surface area contributed by atoms with E-state index in [1.54, 1.807) is 48.5 Å². The van der Waals surface area contributed by atoms with Gasteiger partial charge >= 0.3 is 0 Å². The number of nitrogen functional groups attached to an aromatic ring is 1. The van der Waals surface area contributed by atoms with Crippen LogP contribution in [0.4, 0.5) is 11.4 Å². The average Bonchev–Trinajstić information content (AvgIpc) is 2.64. The molecule has 2 aromatic rings. The molecule has 0 fully saturated rings. The summed E-state index contributed by atoms with van der Waals surface area (Å²) in [5.41, 5.74) is 7.32. The van der Waals surface area contributed by atoms with Gasteiger partial charge in [0, 0.05) is 18.4 Å². The Morgan fingerprint density at radius 2 is 1.40 bits per heavy atom. The monoisotopic (exact) mass is 336 g/mol. The number of carbonyl (C=O) groups excluding carboxylic acids is 3. The summed E-state index contributed by atoms with van der Waals surface area (Å²) in [7, 11) is 0. The molecule has 0 spiro atoms. The molecule has 3 rings (SSSR count). The van der Waals surface area contributed by atoms with Crippen molar-refractivity contribution in [3.05, 3.63) is 59.7 Å². The molecule has 1 aliphatic heterocycles. The lowest BCUT2D eigenvalue weighted by Crippen LogP contribution is -2.38. The molecule has 0 bridgehead atoms. The number of anilines is 2. The molecule has 0 saturated heterocycles. The number of nitrogens with zero attached hydrogens (tertiary/aromatic N) is 1. The van der Waals surface area contributed by atoms with E-state index in [1.807, 2.05) is 0 Å². The summed E-state index contributed by atoms with van der Waals surface area (Å²) in [4.78, 5) is 39.5. The van der Waals surface area contributed by atoms with Crippen molar-refractivity contribution in [1.29, 1.82) is 0 Å². The number of hydrogen-bond acceptors (Lipinski definition) is 4. The molecular weight excluding hydrogens is 316 g/mol. The third-order valence-electron chi connectivity index (χ3n) is 4.38. The molecule has 0 aliphatic carbocycles. The standard InChI is InChI=1S/C20H20N2O3/c21-16-10-6-7-11-17(16)22-19(24)13-3-1-2-12-18(23)14-8-4-5-9-15(14)20(22)25/h4-11H,1-3,12-13,21H2. The largest absolute Gasteiger partial charge is 0.397 e. The van der Waals surface area contributed by atoms with E-state index in [4.69, 9.17) is 5.73 Å². The quantitative estimate of drug-likeness (QED) is 0.637. The van der Waals surface area contributed by atoms with E-state index in [9.17, 15) is 14.4 Å². The summed E-state index contributed by atoms with van der Waals surface area (Å²) in [5.74, 6) is -0.875. The number of ketones is 1. The smallest absolute Gasteiger partial charge is 0.265 e. The van der Waals surface area contributed by atoms with Crippen molar-refractivity contribution in [3.8, 4) is 0 Å². The van der Waals surface area contributed by atoms with E-state index < -0.39 is 5.91 Å². The number of imide groups is 1. The summed E-state index contributed by atoms with van der Waals surface area (Å²) < 4.78 is 0. The number of para-hydroxylation sites is 2. The highest BCUT2D eigenvalue weighted by atomic mass is 16.2. The zero-order valence-electron chi connectivity index (χ0n) is 13.9. The van der Waals surface area contributed by atoms with Crippen LogP contribution in [0.25, 0.3) is 0 Å². The van der Waals surface area contributed by atoms with Crippen molar-refractivity contribution in [2.45, 2.75) is 32.1 Å². The number of nitrogens with two attached hydrogens (primary N) is 1. The van der Waals surface area contributed by atoms with Crippen molar-refractivity contribution in [1.82, 2.24) is 0 Å². The van der Waals surface area contributed by atoms with Crippen molar-refractivity contribution >= 4 is 29.0 Å². The Bertz CT molecular complexity index is 829. The average molecular weight is 336 g/mol. The van der Waals surface area contributed by atoms with Crippen molar-refractivity contribution in [2.75, 3.05) is 10.6 Å². The predicted octanol–water partition coefficient (Wildman–Crippen LogP) is 3.59. The minimum absolute atomic E-state index is 0.0701. The Morgan fingerprint density at radius 1 is 0.760 bits per heavy atom. The lowest BCUT2D eigenvalue weighted by molar-refractivity contribution is -0.118. The molecule has 2 aromatic carbocycles. The number of carbonyl (C=O) groups is 3. The molecule has 2 N–H and O–H groups in total. The van der Waals surface area contributed by atoms with Gasteiger partial charge in [-0.25, -0.2) is 4.90 Å². The highest BCUT2D eigenvalue weighted by Gasteiger charge is 2.29. The van der Waals surface area contributed by atoms with E-state index in [1.165, 1.54) is 0 Å². The summed E-state index contributed by atoms with van der Waals surface area (Å²) in [6.45, 7) is 0. The normalized spacial score (nSPS) is 16.3. The van der Waals surface area contributed by atoms with Gasteiger partial charge in [-0.3, -0.25) is 14.4 Å². The first-order chi connectivity index (χ1) is 12.1. The van der Waals surface area contributed by atoms with E-state index in [0.29, 0.717) is 36.2 Å². The van der Waals surface area contributed by atoms with Crippen molar-refractivity contribution in [3.63, 3.8) is 0 Å². The molecule has 5 nitrogen and oxygen atoms in total. The fraction of sp³-hybridized carbons (Fsp3) is 0.250. The molecule has 0 radical (unpaired) electrons. The predicted molar refractivity (Wildman–Crippen MR) is 96.5 cm³/mol. The number of Topliss-reactive ketones (excluding diaryl/α,β-unsaturated/α-hetero) is 1. The summed E-state index contributed by atoms with van der Waals surface area (Å²) >= 11 is 0. The van der Waals surface area contributed by atoms with Gasteiger partial charge in [0.2, 0.25) is 5.91 Å². The Hall–Kier alpha value is -2.95. The maximum absolute atomic E-state index is 13.2. The number of benzene rings is 2. The molecule has 128 valence electrons. The van der Waals surface area contributed by atoms with Gasteiger partial charge in [-0.1, -0.05) is 36.8 Å². The van der Waals surface area contributed by atoms with Crippen LogP contribution >= 0.6 is 0 Å². The lowest BCUT2D eigenvalue weighted by Gasteiger charge is -2.23. The zero-order chi connectivity index (χ0) is 17.8. The Morgan fingerprint density at radius 3 is 2.16 bits per heavy atom. The van der Waals surface area contributed by atoms with Crippen LogP contribution in [0.3, 0.4) is 0 Å². The molecule has 0 aromatic heterocycles. The Labute approximate surface area is 146 Å². The summed E-state index contributed by atoms with van der Waals surface area (Å²) in [5, 5.41) is 0. The molecule has 1 aliphatic rings. The van der Waals surface area contributed by atoms with Crippen LogP contribution in [0.5, 0.6) is 0 Å². The SMILES string of the molecule is Nc1ccccc1N1C(=O)CCCCCC(=O)c2ccccc2C1=O. The first-order valence-electron chi connectivity index (χ1n) is 8.43. The molecule has 0 atom stereocenters. The van der Waals surface area contributed by atoms with Gasteiger partial charge in [-0.2, -0.15) is 0 Å². The second kappa shape index (κ2) is 7.30. The number of amides is 2. The minimum Gasteiger partial charge on any atom is -0.397 e. The van der Waals surface area contributed by atoms with Gasteiger partial charge in [-0.05, 0) is 31.0 Å². The van der Waals surface area contributed by atoms with Crippen molar-refractivity contribution in [2.24, 2.45) is 0 Å². The van der Waals surface area contributed by atoms with Crippen LogP contribution in [-0.4, -0.2) is 17.6 Å². The van der Waals surface area contributed by atoms with Gasteiger partial charge in [0.15, 0.2) is 5.78 Å². The van der Waals surface area contributed by atoms with E-state index >= 15 is 0 Å². The molecule has 2 amide bonds. The highest BCUT2D eigenvalue weighted by molar-refractivity contribution is 6.24. The molecule has 5 heteroatoms. The van der Waals surface area contributed by atoms with Crippen molar-refractivity contribution < 1.29 is 14.4 Å². The maximum Gasteiger partial charge on any atom is 0.265 e. The molecule has 0 saturated carbocycles. The third-order valence-corrected chi connectivity index (χ3v) is 4.38. The summed E-state index contributed by atoms with van der Waals surface area (Å²) in [6.07, 6.45) is 2.75. The van der Waals surface area contributed by atoms with Crippen LogP contribution in [0.2, 0.25) is 0 Å². The first-order valence-corrected chi connectivity index (χ1v) is 8.43. The fourth-order valence-electron chi connectivity index (χ4n) is 3.07. The molecule has 25 heavy (non-hydrogen) atoms. The second-order valence-corrected chi connectivity index (χ2v) is 6.12. The Kier molecular flexibility index (Phi) is 4.93. The molecule has 0 unspecified atom stereocenters. The van der Waals surface area contributed by atoms with Crippen LogP contribution in [-0.2, 0) is 4.79 Å². The van der Waals surface area contributed by atoms with Gasteiger partial charge in [0.25, 0.3) is 5.91 Å². The third kappa shape index (κ3) is 3.45. The number of rotatable bonds is 1. The minimum atomic E-state index is -0.506. The number of fused-ring (bicyclic) bond motifs is 1. The van der Waals surface area contributed by atoms with Gasteiger partial charge < -0.3 is 5.73 Å². The van der Waals surface area contributed by atoms with Crippen LogP contribution in [0, 0.1) is 0 Å². The lowest BCUT2D eigenvalue weighted by atomic mass is 9.99. The molecule has 1 heterocycles. The van der Waals surface area contributed by atoms with Crippen LogP contribution in [0.1, 0.15) is 52.8 Å². The van der Waals surface area contributed by atoms with E-state index in [2.05, 4.69) is 0 Å². The van der Waals surface area contributed by atoms with Gasteiger partial charge in [0.1, 0.15) is 0 Å². The first kappa shape index (κ1) is 16.9. The molecular formula is C20H20N2O3. The summed E-state index contributed by atoms with van der Waals surface area (Å²) in [6, 6.07) is 13.4. The highest BCUT2D eigenvalue weighted by Crippen LogP contribution is 2.27. The van der Waals surface area contributed by atoms with Crippen LogP contribution < -0.4 is 10.6 Å². The maximum atomic E-state index is 13.2. The zero-order valence-corrected chi connectivity index (χ0v) is 13.9. The number of hydrogen-bond donors (Lipinski definition) is 1. The topological polar surface area (TPSA) is 80.5 Å². The van der Waals surface area contributed by atoms with Crippen LogP contribution in [0.15, 0.2) is 48.5 Å². The van der Waals surface area contributed by atoms with E-state index in [-0.39, 0.29) is 23.7 Å². The fourth-order valence-corrected chi connectivity index (χ4v) is 3.07.